The van der Waals surface area contributed by atoms with E-state index in [1.54, 1.807) is 11.3 Å². The van der Waals surface area contributed by atoms with Crippen LogP contribution >= 0.6 is 34.9 Å². The number of hydrogen-bond donors (Lipinski definition) is 1. The quantitative estimate of drug-likeness (QED) is 0.717. The van der Waals surface area contributed by atoms with Crippen LogP contribution < -0.4 is 0 Å². The Bertz CT molecular complexity index is 384. The van der Waals surface area contributed by atoms with Crippen molar-refractivity contribution in [3.8, 4) is 11.4 Å². The molecule has 0 bridgehead atoms. The van der Waals surface area contributed by atoms with Crippen molar-refractivity contribution < 1.29 is 0 Å². The molecule has 2 nitrogen and oxygen atoms in total. The van der Waals surface area contributed by atoms with E-state index in [0.29, 0.717) is 0 Å². The van der Waals surface area contributed by atoms with E-state index in [4.69, 9.17) is 12.2 Å². The zero-order valence-corrected chi connectivity index (χ0v) is 7.85. The summed E-state index contributed by atoms with van der Waals surface area (Å²) in [5.41, 5.74) is 3.80. The number of hydrogen-bond acceptors (Lipinski definition) is 4. The molecule has 0 amide bonds. The molecule has 2 aromatic heterocycles. The second-order valence-electron chi connectivity index (χ2n) is 1.94. The number of aromatic amines is 1. The van der Waals surface area contributed by atoms with Gasteiger partial charge < -0.3 is 4.98 Å². The minimum atomic E-state index is 0.799. The monoisotopic (exact) mass is 200 g/mol. The van der Waals surface area contributed by atoms with Crippen LogP contribution in [0.4, 0.5) is 0 Å². The molecule has 0 atom stereocenters. The molecule has 2 aromatic rings. The molecule has 0 fully saturated rings. The van der Waals surface area contributed by atoms with Crippen LogP contribution in [0.25, 0.3) is 11.4 Å². The van der Waals surface area contributed by atoms with Gasteiger partial charge in [-0.2, -0.15) is 0 Å². The fourth-order valence-corrected chi connectivity index (χ4v) is 2.13. The summed E-state index contributed by atoms with van der Waals surface area (Å²) in [5, 5.41) is 3.98. The van der Waals surface area contributed by atoms with Gasteiger partial charge in [-0.1, -0.05) is 0 Å². The summed E-state index contributed by atoms with van der Waals surface area (Å²) < 4.78 is 0.799. The molecule has 0 aliphatic carbocycles. The van der Waals surface area contributed by atoms with Crippen molar-refractivity contribution in [2.75, 3.05) is 0 Å². The van der Waals surface area contributed by atoms with Crippen LogP contribution in [0.1, 0.15) is 0 Å². The fraction of sp³-hybridized carbons (Fsp3) is 0. The highest BCUT2D eigenvalue weighted by molar-refractivity contribution is 7.73. The summed E-state index contributed by atoms with van der Waals surface area (Å²) in [6.45, 7) is 0. The second kappa shape index (κ2) is 2.84. The van der Waals surface area contributed by atoms with E-state index in [9.17, 15) is 0 Å². The third kappa shape index (κ3) is 1.40. The average molecular weight is 200 g/mol. The molecule has 0 aliphatic rings. The summed E-state index contributed by atoms with van der Waals surface area (Å²) in [7, 11) is 0. The van der Waals surface area contributed by atoms with Gasteiger partial charge in [0.05, 0.1) is 16.9 Å². The van der Waals surface area contributed by atoms with Gasteiger partial charge in [0.25, 0.3) is 0 Å². The lowest BCUT2D eigenvalue weighted by atomic mass is 10.4. The van der Waals surface area contributed by atoms with Crippen LogP contribution in [-0.2, 0) is 0 Å². The first-order valence-electron chi connectivity index (χ1n) is 2.92. The number of aromatic nitrogens is 2. The van der Waals surface area contributed by atoms with Crippen LogP contribution in [0.5, 0.6) is 0 Å². The van der Waals surface area contributed by atoms with Crippen molar-refractivity contribution in [3.05, 3.63) is 20.2 Å². The van der Waals surface area contributed by atoms with E-state index >= 15 is 0 Å². The van der Waals surface area contributed by atoms with Crippen molar-refractivity contribution in [1.29, 1.82) is 0 Å². The number of thiazole rings is 2. The minimum absolute atomic E-state index is 0.799. The molecular weight excluding hydrogens is 196 g/mol. The standard InChI is InChI=1S/C6H4N2S3/c9-6-8-5(2-11-6)4-1-10-3-7-4/h1-3H,(H,8,9). The van der Waals surface area contributed by atoms with E-state index in [1.807, 2.05) is 16.3 Å². The summed E-state index contributed by atoms with van der Waals surface area (Å²) in [4.78, 5) is 7.20. The number of nitrogens with one attached hydrogen (secondary N) is 1. The molecule has 0 spiro atoms. The number of H-pyrrole nitrogens is 1. The Morgan fingerprint density at radius 2 is 2.36 bits per heavy atom. The Hall–Kier alpha value is -0.520. The minimum Gasteiger partial charge on any atom is -0.336 e. The Morgan fingerprint density at radius 1 is 1.45 bits per heavy atom. The Labute approximate surface area is 76.6 Å². The largest absolute Gasteiger partial charge is 0.336 e. The van der Waals surface area contributed by atoms with E-state index < -0.39 is 0 Å². The Kier molecular flexibility index (Phi) is 1.85. The van der Waals surface area contributed by atoms with Crippen LogP contribution in [0.15, 0.2) is 16.3 Å². The van der Waals surface area contributed by atoms with Gasteiger partial charge in [-0.05, 0) is 12.2 Å². The molecule has 0 saturated carbocycles. The lowest BCUT2D eigenvalue weighted by Crippen LogP contribution is -1.73. The van der Waals surface area contributed by atoms with E-state index in [2.05, 4.69) is 9.97 Å². The highest BCUT2D eigenvalue weighted by atomic mass is 32.1. The molecule has 56 valence electrons. The average Bonchev–Trinajstić information content (AvgIpc) is 2.55. The predicted octanol–water partition coefficient (Wildman–Crippen LogP) is 2.93. The smallest absolute Gasteiger partial charge is 0.158 e. The highest BCUT2D eigenvalue weighted by Crippen LogP contribution is 2.18. The maximum Gasteiger partial charge on any atom is 0.158 e. The molecule has 0 aliphatic heterocycles. The lowest BCUT2D eigenvalue weighted by Gasteiger charge is -1.84. The fourth-order valence-electron chi connectivity index (χ4n) is 0.751. The molecule has 0 saturated heterocycles. The van der Waals surface area contributed by atoms with Crippen LogP contribution in [-0.4, -0.2) is 9.97 Å². The van der Waals surface area contributed by atoms with Crippen molar-refractivity contribution in [3.63, 3.8) is 0 Å². The highest BCUT2D eigenvalue weighted by Gasteiger charge is 1.99. The Morgan fingerprint density at radius 3 is 2.91 bits per heavy atom. The van der Waals surface area contributed by atoms with Crippen molar-refractivity contribution >= 4 is 34.9 Å². The van der Waals surface area contributed by atoms with E-state index in [0.717, 1.165) is 15.3 Å². The molecule has 11 heavy (non-hydrogen) atoms. The summed E-state index contributed by atoms with van der Waals surface area (Å²) in [5.74, 6) is 0. The van der Waals surface area contributed by atoms with E-state index in [1.165, 1.54) is 11.3 Å². The first-order valence-corrected chi connectivity index (χ1v) is 5.16. The van der Waals surface area contributed by atoms with Crippen LogP contribution in [0.2, 0.25) is 0 Å². The molecular formula is C6H4N2S3. The maximum absolute atomic E-state index is 4.95. The van der Waals surface area contributed by atoms with Gasteiger partial charge in [-0.25, -0.2) is 4.98 Å². The third-order valence-electron chi connectivity index (χ3n) is 1.23. The molecule has 2 heterocycles. The zero-order chi connectivity index (χ0) is 7.68. The first-order chi connectivity index (χ1) is 5.36. The van der Waals surface area contributed by atoms with Gasteiger partial charge in [-0.15, -0.1) is 22.7 Å². The Balaban J connectivity index is 2.53. The van der Waals surface area contributed by atoms with Crippen molar-refractivity contribution in [2.45, 2.75) is 0 Å². The molecule has 2 rings (SSSR count). The molecule has 0 unspecified atom stereocenters. The summed E-state index contributed by atoms with van der Waals surface area (Å²) >= 11 is 8.06. The van der Waals surface area contributed by atoms with Crippen LogP contribution in [0, 0.1) is 3.95 Å². The van der Waals surface area contributed by atoms with Crippen LogP contribution in [0.3, 0.4) is 0 Å². The van der Waals surface area contributed by atoms with Gasteiger partial charge in [0, 0.05) is 10.8 Å². The van der Waals surface area contributed by atoms with Crippen molar-refractivity contribution in [1.82, 2.24) is 9.97 Å². The van der Waals surface area contributed by atoms with Crippen molar-refractivity contribution in [2.24, 2.45) is 0 Å². The lowest BCUT2D eigenvalue weighted by molar-refractivity contribution is 1.32. The van der Waals surface area contributed by atoms with Gasteiger partial charge in [0.1, 0.15) is 0 Å². The summed E-state index contributed by atoms with van der Waals surface area (Å²) in [6, 6.07) is 0. The van der Waals surface area contributed by atoms with Gasteiger partial charge >= 0.3 is 0 Å². The predicted molar refractivity (Wildman–Crippen MR) is 50.6 cm³/mol. The van der Waals surface area contributed by atoms with Gasteiger partial charge in [-0.3, -0.25) is 0 Å². The second-order valence-corrected chi connectivity index (χ2v) is 4.20. The number of nitrogens with zero attached hydrogens (tertiary/aromatic N) is 1. The summed E-state index contributed by atoms with van der Waals surface area (Å²) in [6.07, 6.45) is 0. The third-order valence-corrected chi connectivity index (χ3v) is 2.88. The molecule has 1 N–H and O–H groups in total. The molecule has 5 heteroatoms. The topological polar surface area (TPSA) is 28.7 Å². The van der Waals surface area contributed by atoms with Gasteiger partial charge in [0.15, 0.2) is 3.95 Å². The SMILES string of the molecule is S=c1[nH]c(-c2cscn2)cs1. The zero-order valence-electron chi connectivity index (χ0n) is 5.40. The maximum atomic E-state index is 4.95. The molecule has 0 radical (unpaired) electrons. The van der Waals surface area contributed by atoms with E-state index in [-0.39, 0.29) is 0 Å². The normalized spacial score (nSPS) is 10.2. The van der Waals surface area contributed by atoms with Gasteiger partial charge in [0.2, 0.25) is 0 Å². The first kappa shape index (κ1) is 7.15. The number of rotatable bonds is 1. The molecule has 0 aromatic carbocycles.